The highest BCUT2D eigenvalue weighted by Gasteiger charge is 2.25. The molecule has 5 heteroatoms. The van der Waals surface area contributed by atoms with Crippen LogP contribution < -0.4 is 5.32 Å². The van der Waals surface area contributed by atoms with E-state index in [0.717, 1.165) is 38.2 Å². The fourth-order valence-electron chi connectivity index (χ4n) is 3.18. The Bertz CT molecular complexity index is 621. The van der Waals surface area contributed by atoms with Gasteiger partial charge in [-0.05, 0) is 44.0 Å². The number of nitrogens with one attached hydrogen (secondary N) is 1. The number of piperidine rings is 1. The number of rotatable bonds is 5. The van der Waals surface area contributed by atoms with Gasteiger partial charge in [0.25, 0.3) is 0 Å². The minimum Gasteiger partial charge on any atom is -0.356 e. The van der Waals surface area contributed by atoms with Gasteiger partial charge in [-0.25, -0.2) is 4.98 Å². The van der Waals surface area contributed by atoms with Crippen LogP contribution in [-0.2, 0) is 11.3 Å². The molecule has 5 nitrogen and oxygen atoms in total. The van der Waals surface area contributed by atoms with Crippen LogP contribution in [0.25, 0.3) is 5.69 Å². The Morgan fingerprint density at radius 2 is 2.17 bits per heavy atom. The van der Waals surface area contributed by atoms with Crippen molar-refractivity contribution in [2.75, 3.05) is 19.6 Å². The molecule has 1 aliphatic rings. The predicted octanol–water partition coefficient (Wildman–Crippen LogP) is 2.22. The summed E-state index contributed by atoms with van der Waals surface area (Å²) in [7, 11) is 0. The molecule has 1 aromatic heterocycles. The van der Waals surface area contributed by atoms with Crippen LogP contribution in [0.4, 0.5) is 0 Å². The standard InChI is InChI=1S/C18H24N4O/c1-2-20-18(23)16-4-3-10-21(13-16)12-15-5-7-17(8-6-15)22-11-9-19-14-22/h5-9,11,14,16H,2-4,10,12-13H2,1H3,(H,20,23). The zero-order valence-electron chi connectivity index (χ0n) is 13.6. The van der Waals surface area contributed by atoms with Crippen LogP contribution in [0.15, 0.2) is 43.0 Å². The van der Waals surface area contributed by atoms with Crippen LogP contribution in [0.3, 0.4) is 0 Å². The molecule has 0 radical (unpaired) electrons. The number of amides is 1. The summed E-state index contributed by atoms with van der Waals surface area (Å²) in [6.45, 7) is 5.51. The number of hydrogen-bond acceptors (Lipinski definition) is 3. The molecule has 2 heterocycles. The second kappa shape index (κ2) is 7.42. The maximum atomic E-state index is 12.0. The summed E-state index contributed by atoms with van der Waals surface area (Å²) in [6.07, 6.45) is 7.62. The van der Waals surface area contributed by atoms with Crippen LogP contribution in [0, 0.1) is 5.92 Å². The van der Waals surface area contributed by atoms with Crippen molar-refractivity contribution < 1.29 is 4.79 Å². The fourth-order valence-corrected chi connectivity index (χ4v) is 3.18. The van der Waals surface area contributed by atoms with E-state index in [9.17, 15) is 4.79 Å². The molecule has 1 fully saturated rings. The summed E-state index contributed by atoms with van der Waals surface area (Å²) >= 11 is 0. The van der Waals surface area contributed by atoms with Crippen LogP contribution >= 0.6 is 0 Å². The number of benzene rings is 1. The maximum absolute atomic E-state index is 12.0. The van der Waals surface area contributed by atoms with Gasteiger partial charge in [-0.2, -0.15) is 0 Å². The first kappa shape index (κ1) is 15.7. The molecule has 1 amide bonds. The third-order valence-electron chi connectivity index (χ3n) is 4.37. The number of aromatic nitrogens is 2. The second-order valence-corrected chi connectivity index (χ2v) is 6.11. The Morgan fingerprint density at radius 3 is 2.87 bits per heavy atom. The van der Waals surface area contributed by atoms with Crippen LogP contribution in [0.2, 0.25) is 0 Å². The highest BCUT2D eigenvalue weighted by Crippen LogP contribution is 2.19. The normalized spacial score (nSPS) is 18.7. The van der Waals surface area contributed by atoms with Gasteiger partial charge >= 0.3 is 0 Å². The van der Waals surface area contributed by atoms with Gasteiger partial charge in [0.2, 0.25) is 5.91 Å². The van der Waals surface area contributed by atoms with E-state index in [1.54, 1.807) is 12.5 Å². The monoisotopic (exact) mass is 312 g/mol. The third kappa shape index (κ3) is 3.99. The fraction of sp³-hybridized carbons (Fsp3) is 0.444. The summed E-state index contributed by atoms with van der Waals surface area (Å²) < 4.78 is 2.00. The van der Waals surface area contributed by atoms with E-state index < -0.39 is 0 Å². The van der Waals surface area contributed by atoms with Crippen LogP contribution in [-0.4, -0.2) is 40.0 Å². The van der Waals surface area contributed by atoms with Gasteiger partial charge in [-0.1, -0.05) is 12.1 Å². The minimum absolute atomic E-state index is 0.133. The minimum atomic E-state index is 0.133. The number of likely N-dealkylation sites (tertiary alicyclic amines) is 1. The molecule has 3 rings (SSSR count). The lowest BCUT2D eigenvalue weighted by Gasteiger charge is -2.32. The average molecular weight is 312 g/mol. The number of imidazole rings is 1. The molecule has 1 N–H and O–H groups in total. The van der Waals surface area contributed by atoms with E-state index in [0.29, 0.717) is 6.54 Å². The van der Waals surface area contributed by atoms with Crippen LogP contribution in [0.1, 0.15) is 25.3 Å². The van der Waals surface area contributed by atoms with Crippen molar-refractivity contribution in [1.82, 2.24) is 19.8 Å². The molecule has 0 bridgehead atoms. The lowest BCUT2D eigenvalue weighted by Crippen LogP contribution is -2.42. The number of nitrogens with zero attached hydrogens (tertiary/aromatic N) is 3. The Labute approximate surface area is 137 Å². The molecular formula is C18H24N4O. The maximum Gasteiger partial charge on any atom is 0.224 e. The Morgan fingerprint density at radius 1 is 1.35 bits per heavy atom. The van der Waals surface area contributed by atoms with Crippen LogP contribution in [0.5, 0.6) is 0 Å². The average Bonchev–Trinajstić information content (AvgIpc) is 3.11. The van der Waals surface area contributed by atoms with Gasteiger partial charge in [-0.15, -0.1) is 0 Å². The van der Waals surface area contributed by atoms with Crippen molar-refractivity contribution in [2.45, 2.75) is 26.3 Å². The van der Waals surface area contributed by atoms with E-state index >= 15 is 0 Å². The zero-order valence-corrected chi connectivity index (χ0v) is 13.6. The summed E-state index contributed by atoms with van der Waals surface area (Å²) in [5, 5.41) is 2.95. The van der Waals surface area contributed by atoms with Crippen molar-refractivity contribution in [3.8, 4) is 5.69 Å². The molecule has 2 aromatic rings. The molecular weight excluding hydrogens is 288 g/mol. The summed E-state index contributed by atoms with van der Waals surface area (Å²) in [6, 6.07) is 8.54. The van der Waals surface area contributed by atoms with E-state index in [4.69, 9.17) is 0 Å². The molecule has 23 heavy (non-hydrogen) atoms. The first-order chi connectivity index (χ1) is 11.3. The van der Waals surface area contributed by atoms with Crippen molar-refractivity contribution in [3.63, 3.8) is 0 Å². The molecule has 0 aliphatic carbocycles. The molecule has 1 atom stereocenters. The zero-order chi connectivity index (χ0) is 16.1. The third-order valence-corrected chi connectivity index (χ3v) is 4.37. The van der Waals surface area contributed by atoms with Crippen molar-refractivity contribution in [2.24, 2.45) is 5.92 Å². The van der Waals surface area contributed by atoms with E-state index in [-0.39, 0.29) is 11.8 Å². The lowest BCUT2D eigenvalue weighted by molar-refractivity contribution is -0.126. The Hall–Kier alpha value is -2.14. The SMILES string of the molecule is CCNC(=O)C1CCCN(Cc2ccc(-n3ccnc3)cc2)C1. The van der Waals surface area contributed by atoms with E-state index in [2.05, 4.69) is 39.5 Å². The first-order valence-corrected chi connectivity index (χ1v) is 8.33. The summed E-state index contributed by atoms with van der Waals surface area (Å²) in [5.74, 6) is 0.335. The molecule has 1 aromatic carbocycles. The lowest BCUT2D eigenvalue weighted by atomic mass is 9.96. The number of hydrogen-bond donors (Lipinski definition) is 1. The van der Waals surface area contributed by atoms with Gasteiger partial charge in [0.15, 0.2) is 0 Å². The topological polar surface area (TPSA) is 50.2 Å². The van der Waals surface area contributed by atoms with E-state index in [1.165, 1.54) is 5.56 Å². The first-order valence-electron chi connectivity index (χ1n) is 8.33. The molecule has 122 valence electrons. The number of carbonyl (C=O) groups is 1. The van der Waals surface area contributed by atoms with E-state index in [1.807, 2.05) is 17.7 Å². The van der Waals surface area contributed by atoms with Gasteiger partial charge in [0.05, 0.1) is 12.2 Å². The number of carbonyl (C=O) groups excluding carboxylic acids is 1. The molecule has 1 aliphatic heterocycles. The summed E-state index contributed by atoms with van der Waals surface area (Å²) in [4.78, 5) is 18.5. The van der Waals surface area contributed by atoms with Gasteiger partial charge in [0.1, 0.15) is 0 Å². The Kier molecular flexibility index (Phi) is 5.08. The van der Waals surface area contributed by atoms with Crippen molar-refractivity contribution in [3.05, 3.63) is 48.5 Å². The second-order valence-electron chi connectivity index (χ2n) is 6.11. The predicted molar refractivity (Wildman–Crippen MR) is 90.2 cm³/mol. The smallest absolute Gasteiger partial charge is 0.224 e. The molecule has 0 spiro atoms. The molecule has 0 saturated carbocycles. The van der Waals surface area contributed by atoms with Gasteiger partial charge in [-0.3, -0.25) is 9.69 Å². The van der Waals surface area contributed by atoms with Crippen molar-refractivity contribution >= 4 is 5.91 Å². The summed E-state index contributed by atoms with van der Waals surface area (Å²) in [5.41, 5.74) is 2.40. The van der Waals surface area contributed by atoms with Gasteiger partial charge in [0, 0.05) is 37.7 Å². The highest BCUT2D eigenvalue weighted by atomic mass is 16.1. The Balaban J connectivity index is 1.59. The molecule has 1 unspecified atom stereocenters. The van der Waals surface area contributed by atoms with Gasteiger partial charge < -0.3 is 9.88 Å². The largest absolute Gasteiger partial charge is 0.356 e. The van der Waals surface area contributed by atoms with Crippen molar-refractivity contribution in [1.29, 1.82) is 0 Å². The quantitative estimate of drug-likeness (QED) is 0.921. The molecule has 1 saturated heterocycles. The highest BCUT2D eigenvalue weighted by molar-refractivity contribution is 5.78.